The van der Waals surface area contributed by atoms with E-state index in [2.05, 4.69) is 5.32 Å². The number of carboxylic acids is 1. The van der Waals surface area contributed by atoms with Crippen LogP contribution in [0, 0.1) is 0 Å². The van der Waals surface area contributed by atoms with Gasteiger partial charge in [0.25, 0.3) is 5.91 Å². The predicted molar refractivity (Wildman–Crippen MR) is 77.8 cm³/mol. The molecular formula is C13H14ClNO4S. The van der Waals surface area contributed by atoms with Crippen LogP contribution >= 0.6 is 23.4 Å². The molecule has 1 atom stereocenters. The Hall–Kier alpha value is -1.40. The van der Waals surface area contributed by atoms with Crippen molar-refractivity contribution in [3.63, 3.8) is 0 Å². The number of aliphatic carboxylic acids is 1. The Morgan fingerprint density at radius 2 is 2.25 bits per heavy atom. The maximum Gasteiger partial charge on any atom is 0.330 e. The molecule has 2 N–H and O–H groups in total. The summed E-state index contributed by atoms with van der Waals surface area (Å²) in [5.74, 6) is 0.0288. The lowest BCUT2D eigenvalue weighted by molar-refractivity contribution is -0.143. The van der Waals surface area contributed by atoms with Crippen LogP contribution < -0.4 is 10.1 Å². The fraction of sp³-hybridized carbons (Fsp3) is 0.385. The van der Waals surface area contributed by atoms with Crippen LogP contribution in [0.15, 0.2) is 18.2 Å². The molecule has 1 heterocycles. The molecule has 5 nitrogen and oxygen atoms in total. The minimum atomic E-state index is -1.19. The Bertz CT molecular complexity index is 543. The summed E-state index contributed by atoms with van der Waals surface area (Å²) >= 11 is 7.41. The van der Waals surface area contributed by atoms with Crippen molar-refractivity contribution in [1.82, 2.24) is 5.32 Å². The normalized spacial score (nSPS) is 21.5. The lowest BCUT2D eigenvalue weighted by Gasteiger charge is -2.24. The third kappa shape index (κ3) is 2.86. The van der Waals surface area contributed by atoms with E-state index in [-0.39, 0.29) is 0 Å². The monoisotopic (exact) mass is 315 g/mol. The van der Waals surface area contributed by atoms with Crippen LogP contribution in [0.25, 0.3) is 0 Å². The van der Waals surface area contributed by atoms with Gasteiger partial charge >= 0.3 is 5.97 Å². The Balaban J connectivity index is 2.21. The summed E-state index contributed by atoms with van der Waals surface area (Å²) in [4.78, 5) is 23.6. The Morgan fingerprint density at radius 1 is 1.50 bits per heavy atom. The first-order chi connectivity index (χ1) is 9.48. The molecule has 1 amide bonds. The van der Waals surface area contributed by atoms with Crippen LogP contribution in [0.3, 0.4) is 0 Å². The van der Waals surface area contributed by atoms with Crippen molar-refractivity contribution in [1.29, 1.82) is 0 Å². The average Bonchev–Trinajstić information content (AvgIpc) is 2.89. The average molecular weight is 316 g/mol. The number of hydrogen-bond acceptors (Lipinski definition) is 4. The summed E-state index contributed by atoms with van der Waals surface area (Å²) in [5, 5.41) is 12.3. The van der Waals surface area contributed by atoms with E-state index in [1.54, 1.807) is 6.07 Å². The number of hydrogen-bond donors (Lipinski definition) is 2. The molecule has 1 unspecified atom stereocenters. The maximum absolute atomic E-state index is 12.2. The van der Waals surface area contributed by atoms with E-state index >= 15 is 0 Å². The molecule has 20 heavy (non-hydrogen) atoms. The van der Waals surface area contributed by atoms with Gasteiger partial charge in [-0.1, -0.05) is 11.6 Å². The van der Waals surface area contributed by atoms with Gasteiger partial charge < -0.3 is 15.2 Å². The molecule has 0 aliphatic carbocycles. The minimum absolute atomic E-state index is 0.323. The maximum atomic E-state index is 12.2. The van der Waals surface area contributed by atoms with Gasteiger partial charge in [-0.15, -0.1) is 0 Å². The van der Waals surface area contributed by atoms with Crippen molar-refractivity contribution < 1.29 is 19.4 Å². The van der Waals surface area contributed by atoms with Gasteiger partial charge in [0.05, 0.1) is 12.1 Å². The summed E-state index contributed by atoms with van der Waals surface area (Å²) in [6.45, 7) is 0. The third-order valence-electron chi connectivity index (χ3n) is 3.20. The van der Waals surface area contributed by atoms with Crippen molar-refractivity contribution in [2.45, 2.75) is 12.0 Å². The summed E-state index contributed by atoms with van der Waals surface area (Å²) in [5.41, 5.74) is -0.863. The molecule has 2 rings (SSSR count). The first kappa shape index (κ1) is 15.0. The van der Waals surface area contributed by atoms with Crippen molar-refractivity contribution in [3.05, 3.63) is 28.8 Å². The van der Waals surface area contributed by atoms with Gasteiger partial charge in [-0.3, -0.25) is 4.79 Å². The number of carbonyl (C=O) groups is 2. The molecule has 0 spiro atoms. The van der Waals surface area contributed by atoms with Gasteiger partial charge in [-0.05, 0) is 30.4 Å². The highest BCUT2D eigenvalue weighted by Crippen LogP contribution is 2.29. The fourth-order valence-electron chi connectivity index (χ4n) is 1.98. The van der Waals surface area contributed by atoms with Crippen LogP contribution in [0.2, 0.25) is 5.02 Å². The molecule has 108 valence electrons. The largest absolute Gasteiger partial charge is 0.495 e. The highest BCUT2D eigenvalue weighted by molar-refractivity contribution is 7.99. The molecule has 1 aromatic carbocycles. The van der Waals surface area contributed by atoms with Crippen molar-refractivity contribution in [3.8, 4) is 5.75 Å². The van der Waals surface area contributed by atoms with Crippen molar-refractivity contribution in [2.75, 3.05) is 18.6 Å². The van der Waals surface area contributed by atoms with E-state index in [4.69, 9.17) is 16.3 Å². The number of nitrogens with one attached hydrogen (secondary N) is 1. The molecule has 1 aliphatic heterocycles. The van der Waals surface area contributed by atoms with Gasteiger partial charge in [-0.2, -0.15) is 11.8 Å². The second kappa shape index (κ2) is 5.93. The molecule has 0 radical (unpaired) electrons. The second-order valence-electron chi connectivity index (χ2n) is 4.49. The van der Waals surface area contributed by atoms with E-state index in [1.807, 2.05) is 0 Å². The van der Waals surface area contributed by atoms with Gasteiger partial charge in [0.1, 0.15) is 11.3 Å². The first-order valence-electron chi connectivity index (χ1n) is 5.96. The number of thioether (sulfide) groups is 1. The number of amides is 1. The molecular weight excluding hydrogens is 302 g/mol. The van der Waals surface area contributed by atoms with E-state index in [1.165, 1.54) is 31.0 Å². The molecule has 0 saturated carbocycles. The van der Waals surface area contributed by atoms with Gasteiger partial charge in [0.2, 0.25) is 0 Å². The Kier molecular flexibility index (Phi) is 4.45. The summed E-state index contributed by atoms with van der Waals surface area (Å²) in [6, 6.07) is 4.58. The molecule has 0 aromatic heterocycles. The number of carboxylic acid groups (broad SMARTS) is 1. The van der Waals surface area contributed by atoms with E-state index in [9.17, 15) is 14.7 Å². The van der Waals surface area contributed by atoms with E-state index < -0.39 is 17.4 Å². The fourth-order valence-corrected chi connectivity index (χ4v) is 3.50. The topological polar surface area (TPSA) is 75.6 Å². The first-order valence-corrected chi connectivity index (χ1v) is 7.49. The van der Waals surface area contributed by atoms with E-state index in [0.29, 0.717) is 28.5 Å². The number of benzene rings is 1. The standard InChI is InChI=1S/C13H14ClNO4S/c1-19-10-6-8(2-3-9(10)14)11(16)15-13(12(17)18)4-5-20-7-13/h2-3,6H,4-5,7H2,1H3,(H,15,16)(H,17,18). The SMILES string of the molecule is COc1cc(C(=O)NC2(C(=O)O)CCSC2)ccc1Cl. The number of ether oxygens (including phenoxy) is 1. The third-order valence-corrected chi connectivity index (χ3v) is 4.70. The zero-order valence-corrected chi connectivity index (χ0v) is 12.4. The number of carbonyl (C=O) groups excluding carboxylic acids is 1. The zero-order chi connectivity index (χ0) is 14.8. The van der Waals surface area contributed by atoms with Crippen LogP contribution in [0.5, 0.6) is 5.75 Å². The minimum Gasteiger partial charge on any atom is -0.495 e. The molecule has 0 bridgehead atoms. The number of halogens is 1. The van der Waals surface area contributed by atoms with Crippen LogP contribution in [0.1, 0.15) is 16.8 Å². The Morgan fingerprint density at radius 3 is 2.80 bits per heavy atom. The molecule has 1 aromatic rings. The zero-order valence-electron chi connectivity index (χ0n) is 10.8. The van der Waals surface area contributed by atoms with Crippen molar-refractivity contribution in [2.24, 2.45) is 0 Å². The summed E-state index contributed by atoms with van der Waals surface area (Å²) < 4.78 is 5.05. The van der Waals surface area contributed by atoms with Crippen LogP contribution in [-0.2, 0) is 4.79 Å². The predicted octanol–water partition coefficient (Wildman–Crippen LogP) is 2.04. The number of methoxy groups -OCH3 is 1. The van der Waals surface area contributed by atoms with Crippen LogP contribution in [-0.4, -0.2) is 41.1 Å². The van der Waals surface area contributed by atoms with Crippen molar-refractivity contribution >= 4 is 35.2 Å². The molecule has 1 aliphatic rings. The smallest absolute Gasteiger partial charge is 0.330 e. The molecule has 7 heteroatoms. The van der Waals surface area contributed by atoms with Gasteiger partial charge in [-0.25, -0.2) is 4.79 Å². The summed E-state index contributed by atoms with van der Waals surface area (Å²) in [6.07, 6.45) is 0.420. The lowest BCUT2D eigenvalue weighted by Crippen LogP contribution is -2.54. The molecule has 1 fully saturated rings. The highest BCUT2D eigenvalue weighted by atomic mass is 35.5. The quantitative estimate of drug-likeness (QED) is 0.889. The van der Waals surface area contributed by atoms with Crippen LogP contribution in [0.4, 0.5) is 0 Å². The second-order valence-corrected chi connectivity index (χ2v) is 6.01. The van der Waals surface area contributed by atoms with Gasteiger partial charge in [0, 0.05) is 11.3 Å². The summed E-state index contributed by atoms with van der Waals surface area (Å²) in [7, 11) is 1.45. The Labute approximate surface area is 125 Å². The van der Waals surface area contributed by atoms with Gasteiger partial charge in [0.15, 0.2) is 0 Å². The highest BCUT2D eigenvalue weighted by Gasteiger charge is 2.43. The van der Waals surface area contributed by atoms with E-state index in [0.717, 1.165) is 5.75 Å². The molecule has 1 saturated heterocycles. The number of rotatable bonds is 4. The lowest BCUT2D eigenvalue weighted by atomic mass is 9.98.